The van der Waals surface area contributed by atoms with Crippen LogP contribution in [0.1, 0.15) is 22.2 Å². The van der Waals surface area contributed by atoms with Gasteiger partial charge in [-0.1, -0.05) is 29.8 Å². The summed E-state index contributed by atoms with van der Waals surface area (Å²) in [5.41, 5.74) is 2.84. The molecule has 1 saturated heterocycles. The van der Waals surface area contributed by atoms with E-state index < -0.39 is 0 Å². The van der Waals surface area contributed by atoms with E-state index in [1.54, 1.807) is 36.5 Å². The fraction of sp³-hybridized carbons (Fsp3) is 0.227. The van der Waals surface area contributed by atoms with Crippen LogP contribution in [0.4, 0.5) is 0 Å². The van der Waals surface area contributed by atoms with Crippen LogP contribution in [0.5, 0.6) is 5.75 Å². The van der Waals surface area contributed by atoms with Gasteiger partial charge in [-0.2, -0.15) is 0 Å². The standard InChI is InChI=1S/C22H20ClN3O3/c1-28-18-7-3-5-16(13-18)22(27)26-10-11-29-19(14-26)21-20(24-8-9-25-21)15-4-2-6-17(23)12-15/h2-9,12-13,19H,10-11,14H2,1H3. The topological polar surface area (TPSA) is 64.5 Å². The molecule has 0 saturated carbocycles. The molecule has 1 amide bonds. The molecule has 1 aromatic heterocycles. The SMILES string of the molecule is COc1cccc(C(=O)N2CCOC(c3nccnc3-c3cccc(Cl)c3)C2)c1. The summed E-state index contributed by atoms with van der Waals surface area (Å²) >= 11 is 6.15. The lowest BCUT2D eigenvalue weighted by molar-refractivity contribution is -0.0246. The molecule has 1 aliphatic rings. The van der Waals surface area contributed by atoms with Gasteiger partial charge >= 0.3 is 0 Å². The first-order valence-electron chi connectivity index (χ1n) is 9.27. The molecular formula is C22H20ClN3O3. The molecule has 2 aromatic carbocycles. The number of nitrogens with zero attached hydrogens (tertiary/aromatic N) is 3. The number of morpholine rings is 1. The molecule has 6 nitrogen and oxygen atoms in total. The van der Waals surface area contributed by atoms with E-state index in [1.165, 1.54) is 0 Å². The van der Waals surface area contributed by atoms with Gasteiger partial charge in [0.25, 0.3) is 5.91 Å². The summed E-state index contributed by atoms with van der Waals surface area (Å²) in [5.74, 6) is 0.586. The minimum Gasteiger partial charge on any atom is -0.497 e. The maximum absolute atomic E-state index is 13.0. The summed E-state index contributed by atoms with van der Waals surface area (Å²) in [6.07, 6.45) is 2.90. The normalized spacial score (nSPS) is 16.5. The zero-order valence-electron chi connectivity index (χ0n) is 15.9. The lowest BCUT2D eigenvalue weighted by atomic mass is 10.0. The molecule has 4 rings (SSSR count). The highest BCUT2D eigenvalue weighted by atomic mass is 35.5. The molecule has 0 N–H and O–H groups in total. The maximum Gasteiger partial charge on any atom is 0.254 e. The van der Waals surface area contributed by atoms with Gasteiger partial charge in [0.05, 0.1) is 31.6 Å². The van der Waals surface area contributed by atoms with E-state index in [1.807, 2.05) is 36.4 Å². The third-order valence-corrected chi connectivity index (χ3v) is 5.04. The number of ether oxygens (including phenoxy) is 2. The lowest BCUT2D eigenvalue weighted by Crippen LogP contribution is -2.42. The van der Waals surface area contributed by atoms with Crippen LogP contribution in [-0.2, 0) is 4.74 Å². The van der Waals surface area contributed by atoms with Crippen LogP contribution in [0, 0.1) is 0 Å². The lowest BCUT2D eigenvalue weighted by Gasteiger charge is -2.33. The highest BCUT2D eigenvalue weighted by Gasteiger charge is 2.29. The Hall–Kier alpha value is -2.96. The Labute approximate surface area is 174 Å². The van der Waals surface area contributed by atoms with Crippen LogP contribution >= 0.6 is 11.6 Å². The fourth-order valence-corrected chi connectivity index (χ4v) is 3.57. The second-order valence-corrected chi connectivity index (χ2v) is 7.08. The summed E-state index contributed by atoms with van der Waals surface area (Å²) in [7, 11) is 1.58. The van der Waals surface area contributed by atoms with Gasteiger partial charge in [-0.15, -0.1) is 0 Å². The van der Waals surface area contributed by atoms with Gasteiger partial charge in [0, 0.05) is 35.1 Å². The molecule has 0 aliphatic carbocycles. The Morgan fingerprint density at radius 2 is 2.00 bits per heavy atom. The van der Waals surface area contributed by atoms with Crippen LogP contribution in [0.25, 0.3) is 11.3 Å². The monoisotopic (exact) mass is 409 g/mol. The number of hydrogen-bond acceptors (Lipinski definition) is 5. The quantitative estimate of drug-likeness (QED) is 0.651. The Bertz CT molecular complexity index is 1030. The zero-order valence-corrected chi connectivity index (χ0v) is 16.7. The third kappa shape index (κ3) is 4.23. The van der Waals surface area contributed by atoms with Crippen molar-refractivity contribution in [2.24, 2.45) is 0 Å². The van der Waals surface area contributed by atoms with E-state index in [0.717, 1.165) is 5.56 Å². The minimum atomic E-state index is -0.374. The number of rotatable bonds is 4. The maximum atomic E-state index is 13.0. The molecule has 1 aliphatic heterocycles. The first-order chi connectivity index (χ1) is 14.2. The molecule has 1 unspecified atom stereocenters. The van der Waals surface area contributed by atoms with Crippen LogP contribution < -0.4 is 4.74 Å². The molecule has 29 heavy (non-hydrogen) atoms. The Balaban J connectivity index is 1.60. The number of amides is 1. The largest absolute Gasteiger partial charge is 0.497 e. The van der Waals surface area contributed by atoms with E-state index >= 15 is 0 Å². The number of halogens is 1. The first kappa shape index (κ1) is 19.4. The van der Waals surface area contributed by atoms with E-state index in [2.05, 4.69) is 9.97 Å². The fourth-order valence-electron chi connectivity index (χ4n) is 3.38. The van der Waals surface area contributed by atoms with E-state index in [4.69, 9.17) is 21.1 Å². The van der Waals surface area contributed by atoms with Crippen molar-refractivity contribution in [2.75, 3.05) is 26.8 Å². The van der Waals surface area contributed by atoms with Crippen molar-refractivity contribution in [1.29, 1.82) is 0 Å². The van der Waals surface area contributed by atoms with Crippen molar-refractivity contribution in [1.82, 2.24) is 14.9 Å². The smallest absolute Gasteiger partial charge is 0.254 e. The van der Waals surface area contributed by atoms with Crippen LogP contribution in [0.2, 0.25) is 5.02 Å². The van der Waals surface area contributed by atoms with Crippen molar-refractivity contribution in [2.45, 2.75) is 6.10 Å². The van der Waals surface area contributed by atoms with Crippen LogP contribution in [0.15, 0.2) is 60.9 Å². The van der Waals surface area contributed by atoms with Crippen molar-refractivity contribution in [3.63, 3.8) is 0 Å². The highest BCUT2D eigenvalue weighted by molar-refractivity contribution is 6.30. The predicted molar refractivity (Wildman–Crippen MR) is 110 cm³/mol. The van der Waals surface area contributed by atoms with Crippen molar-refractivity contribution >= 4 is 17.5 Å². The number of carbonyl (C=O) groups excluding carboxylic acids is 1. The van der Waals surface area contributed by atoms with Gasteiger partial charge in [0.15, 0.2) is 0 Å². The van der Waals surface area contributed by atoms with Gasteiger partial charge < -0.3 is 14.4 Å². The predicted octanol–water partition coefficient (Wildman–Crippen LogP) is 4.02. The number of benzene rings is 2. The van der Waals surface area contributed by atoms with Crippen LogP contribution in [0.3, 0.4) is 0 Å². The van der Waals surface area contributed by atoms with Gasteiger partial charge in [0.1, 0.15) is 11.9 Å². The zero-order chi connectivity index (χ0) is 20.2. The molecule has 0 radical (unpaired) electrons. The summed E-state index contributed by atoms with van der Waals surface area (Å²) in [6.45, 7) is 1.33. The molecule has 2 heterocycles. The number of methoxy groups -OCH3 is 1. The summed E-state index contributed by atoms with van der Waals surface area (Å²) in [5, 5.41) is 0.624. The van der Waals surface area contributed by atoms with E-state index in [0.29, 0.717) is 47.4 Å². The van der Waals surface area contributed by atoms with E-state index in [9.17, 15) is 4.79 Å². The molecule has 148 valence electrons. The van der Waals surface area contributed by atoms with Crippen LogP contribution in [-0.4, -0.2) is 47.6 Å². The van der Waals surface area contributed by atoms with Crippen molar-refractivity contribution in [3.8, 4) is 17.0 Å². The summed E-state index contributed by atoms with van der Waals surface area (Å²) in [6, 6.07) is 14.6. The number of hydrogen-bond donors (Lipinski definition) is 0. The molecular weight excluding hydrogens is 390 g/mol. The average Bonchev–Trinajstić information content (AvgIpc) is 2.78. The summed E-state index contributed by atoms with van der Waals surface area (Å²) < 4.78 is 11.2. The Morgan fingerprint density at radius 1 is 1.17 bits per heavy atom. The number of carbonyl (C=O) groups is 1. The number of aromatic nitrogens is 2. The third-order valence-electron chi connectivity index (χ3n) is 4.80. The second-order valence-electron chi connectivity index (χ2n) is 6.64. The highest BCUT2D eigenvalue weighted by Crippen LogP contribution is 2.30. The minimum absolute atomic E-state index is 0.0644. The summed E-state index contributed by atoms with van der Waals surface area (Å²) in [4.78, 5) is 23.8. The molecule has 0 spiro atoms. The molecule has 7 heteroatoms. The molecule has 0 bridgehead atoms. The van der Waals surface area contributed by atoms with Gasteiger partial charge in [0.2, 0.25) is 0 Å². The first-order valence-corrected chi connectivity index (χ1v) is 9.65. The Morgan fingerprint density at radius 3 is 2.83 bits per heavy atom. The van der Waals surface area contributed by atoms with E-state index in [-0.39, 0.29) is 12.0 Å². The molecule has 3 aromatic rings. The van der Waals surface area contributed by atoms with Crippen molar-refractivity contribution in [3.05, 3.63) is 77.2 Å². The Kier molecular flexibility index (Phi) is 5.74. The van der Waals surface area contributed by atoms with Crippen molar-refractivity contribution < 1.29 is 14.3 Å². The van der Waals surface area contributed by atoms with Gasteiger partial charge in [-0.3, -0.25) is 14.8 Å². The second kappa shape index (κ2) is 8.59. The van der Waals surface area contributed by atoms with Gasteiger partial charge in [-0.25, -0.2) is 0 Å². The molecule has 1 fully saturated rings. The average molecular weight is 410 g/mol. The molecule has 1 atom stereocenters. The van der Waals surface area contributed by atoms with Gasteiger partial charge in [-0.05, 0) is 30.3 Å².